The zero-order valence-corrected chi connectivity index (χ0v) is 12.7. The van der Waals surface area contributed by atoms with Crippen molar-refractivity contribution >= 4 is 21.4 Å². The monoisotopic (exact) mass is 332 g/mol. The third-order valence-electron chi connectivity index (χ3n) is 3.42. The minimum absolute atomic E-state index is 0.187. The quantitative estimate of drug-likeness (QED) is 0.697. The molecule has 102 valence electrons. The molecule has 0 atom stereocenters. The maximum absolute atomic E-state index is 13.2. The Balaban J connectivity index is 1.90. The number of hydrogen-bond donors (Lipinski definition) is 0. The summed E-state index contributed by atoms with van der Waals surface area (Å²) in [6.45, 7) is 2.07. The summed E-state index contributed by atoms with van der Waals surface area (Å²) in [7, 11) is 0. The van der Waals surface area contributed by atoms with E-state index in [2.05, 4.69) is 38.3 Å². The molecule has 1 aromatic carbocycles. The number of aryl methyl sites for hydroxylation is 3. The van der Waals surface area contributed by atoms with Crippen molar-refractivity contribution in [2.24, 2.45) is 0 Å². The van der Waals surface area contributed by atoms with Crippen LogP contribution in [0, 0.1) is 12.7 Å². The second kappa shape index (κ2) is 5.37. The van der Waals surface area contributed by atoms with Gasteiger partial charge in [-0.1, -0.05) is 18.2 Å². The molecule has 2 nitrogen and oxygen atoms in total. The molecule has 0 aliphatic carbocycles. The van der Waals surface area contributed by atoms with Gasteiger partial charge in [0, 0.05) is 12.6 Å². The second-order valence-corrected chi connectivity index (χ2v) is 5.61. The summed E-state index contributed by atoms with van der Waals surface area (Å²) in [6.07, 6.45) is 3.57. The van der Waals surface area contributed by atoms with E-state index in [1.54, 1.807) is 12.1 Å². The van der Waals surface area contributed by atoms with Crippen LogP contribution in [-0.2, 0) is 12.8 Å². The van der Waals surface area contributed by atoms with Crippen LogP contribution < -0.4 is 0 Å². The Hall–Kier alpha value is -1.68. The molecule has 0 saturated heterocycles. The van der Waals surface area contributed by atoms with Crippen LogP contribution in [-0.4, -0.2) is 9.38 Å². The first-order valence-corrected chi connectivity index (χ1v) is 7.31. The van der Waals surface area contributed by atoms with E-state index < -0.39 is 0 Å². The minimum Gasteiger partial charge on any atom is -0.302 e. The zero-order valence-electron chi connectivity index (χ0n) is 11.1. The Bertz CT molecular complexity index is 764. The summed E-state index contributed by atoms with van der Waals surface area (Å²) in [5.74, 6) is 0.798. The normalized spacial score (nSPS) is 11.2. The summed E-state index contributed by atoms with van der Waals surface area (Å²) in [5, 5.41) is 0. The van der Waals surface area contributed by atoms with Gasteiger partial charge in [-0.3, -0.25) is 0 Å². The van der Waals surface area contributed by atoms with Gasteiger partial charge in [-0.25, -0.2) is 9.37 Å². The Kier molecular flexibility index (Phi) is 3.57. The summed E-state index contributed by atoms with van der Waals surface area (Å²) >= 11 is 3.51. The number of imidazole rings is 1. The van der Waals surface area contributed by atoms with Crippen molar-refractivity contribution in [2.45, 2.75) is 19.8 Å². The van der Waals surface area contributed by atoms with E-state index in [1.165, 1.54) is 11.6 Å². The Morgan fingerprint density at radius 1 is 1.20 bits per heavy atom. The average Bonchev–Trinajstić information content (AvgIpc) is 2.75. The highest BCUT2D eigenvalue weighted by molar-refractivity contribution is 9.10. The SMILES string of the molecule is Cc1cccn2c(CCc3cccc(F)c3)nc(Br)c12. The molecule has 0 bridgehead atoms. The van der Waals surface area contributed by atoms with E-state index >= 15 is 0 Å². The topological polar surface area (TPSA) is 17.3 Å². The van der Waals surface area contributed by atoms with Gasteiger partial charge in [0.15, 0.2) is 0 Å². The number of benzene rings is 1. The van der Waals surface area contributed by atoms with Crippen molar-refractivity contribution in [2.75, 3.05) is 0 Å². The van der Waals surface area contributed by atoms with Crippen molar-refractivity contribution in [3.05, 3.63) is 70.0 Å². The second-order valence-electron chi connectivity index (χ2n) is 4.86. The maximum Gasteiger partial charge on any atom is 0.132 e. The van der Waals surface area contributed by atoms with Gasteiger partial charge in [-0.05, 0) is 58.6 Å². The summed E-state index contributed by atoms with van der Waals surface area (Å²) in [6, 6.07) is 10.8. The van der Waals surface area contributed by atoms with E-state index in [9.17, 15) is 4.39 Å². The molecule has 3 aromatic rings. The van der Waals surface area contributed by atoms with Crippen molar-refractivity contribution in [3.8, 4) is 0 Å². The van der Waals surface area contributed by atoms with Gasteiger partial charge < -0.3 is 4.40 Å². The number of aromatic nitrogens is 2. The smallest absolute Gasteiger partial charge is 0.132 e. The lowest BCUT2D eigenvalue weighted by Gasteiger charge is -2.03. The summed E-state index contributed by atoms with van der Waals surface area (Å²) in [5.41, 5.74) is 3.27. The lowest BCUT2D eigenvalue weighted by Crippen LogP contribution is -1.98. The van der Waals surface area contributed by atoms with Gasteiger partial charge in [0.2, 0.25) is 0 Å². The summed E-state index contributed by atoms with van der Waals surface area (Å²) < 4.78 is 16.1. The summed E-state index contributed by atoms with van der Waals surface area (Å²) in [4.78, 5) is 4.57. The first-order chi connectivity index (χ1) is 9.65. The molecule has 0 N–H and O–H groups in total. The fourth-order valence-electron chi connectivity index (χ4n) is 2.44. The predicted octanol–water partition coefficient (Wildman–Crippen LogP) is 4.33. The van der Waals surface area contributed by atoms with Crippen molar-refractivity contribution in [3.63, 3.8) is 0 Å². The molecular weight excluding hydrogens is 319 g/mol. The molecular formula is C16H14BrFN2. The molecule has 0 saturated carbocycles. The first-order valence-electron chi connectivity index (χ1n) is 6.51. The molecule has 0 fully saturated rings. The van der Waals surface area contributed by atoms with Gasteiger partial charge >= 0.3 is 0 Å². The molecule has 0 amide bonds. The van der Waals surface area contributed by atoms with E-state index in [4.69, 9.17) is 0 Å². The molecule has 0 unspecified atom stereocenters. The highest BCUT2D eigenvalue weighted by Gasteiger charge is 2.10. The Morgan fingerprint density at radius 2 is 2.05 bits per heavy atom. The van der Waals surface area contributed by atoms with Gasteiger partial charge in [-0.2, -0.15) is 0 Å². The highest BCUT2D eigenvalue weighted by atomic mass is 79.9. The van der Waals surface area contributed by atoms with Crippen LogP contribution in [0.3, 0.4) is 0 Å². The molecule has 0 aliphatic heterocycles. The third kappa shape index (κ3) is 2.48. The fourth-order valence-corrected chi connectivity index (χ4v) is 3.15. The zero-order chi connectivity index (χ0) is 14.1. The standard InChI is InChI=1S/C16H14BrFN2/c1-11-4-3-9-20-14(19-16(17)15(11)20)8-7-12-5-2-6-13(18)10-12/h2-6,9-10H,7-8H2,1H3. The van der Waals surface area contributed by atoms with Crippen LogP contribution in [0.5, 0.6) is 0 Å². The predicted molar refractivity (Wildman–Crippen MR) is 81.4 cm³/mol. The van der Waals surface area contributed by atoms with Gasteiger partial charge in [0.05, 0.1) is 5.52 Å². The van der Waals surface area contributed by atoms with Gasteiger partial charge in [-0.15, -0.1) is 0 Å². The van der Waals surface area contributed by atoms with E-state index in [1.807, 2.05) is 18.3 Å². The molecule has 0 aliphatic rings. The van der Waals surface area contributed by atoms with Crippen LogP contribution in [0.1, 0.15) is 17.0 Å². The molecule has 0 spiro atoms. The van der Waals surface area contributed by atoms with E-state index in [0.717, 1.165) is 34.3 Å². The van der Waals surface area contributed by atoms with Crippen LogP contribution in [0.15, 0.2) is 47.2 Å². The lowest BCUT2D eigenvalue weighted by atomic mass is 10.1. The molecule has 2 aromatic heterocycles. The fraction of sp³-hybridized carbons (Fsp3) is 0.188. The first kappa shape index (κ1) is 13.3. The number of halogens is 2. The van der Waals surface area contributed by atoms with Crippen LogP contribution >= 0.6 is 15.9 Å². The molecule has 0 radical (unpaired) electrons. The van der Waals surface area contributed by atoms with Crippen molar-refractivity contribution in [1.29, 1.82) is 0 Å². The number of rotatable bonds is 3. The van der Waals surface area contributed by atoms with Crippen molar-refractivity contribution < 1.29 is 4.39 Å². The van der Waals surface area contributed by atoms with Gasteiger partial charge in [0.25, 0.3) is 0 Å². The Morgan fingerprint density at radius 3 is 2.85 bits per heavy atom. The van der Waals surface area contributed by atoms with E-state index in [0.29, 0.717) is 0 Å². The number of nitrogens with zero attached hydrogens (tertiary/aromatic N) is 2. The maximum atomic E-state index is 13.2. The lowest BCUT2D eigenvalue weighted by molar-refractivity contribution is 0.625. The number of hydrogen-bond acceptors (Lipinski definition) is 1. The minimum atomic E-state index is -0.187. The number of fused-ring (bicyclic) bond motifs is 1. The van der Waals surface area contributed by atoms with Gasteiger partial charge in [0.1, 0.15) is 16.2 Å². The largest absolute Gasteiger partial charge is 0.302 e. The van der Waals surface area contributed by atoms with Crippen LogP contribution in [0.25, 0.3) is 5.52 Å². The van der Waals surface area contributed by atoms with Crippen molar-refractivity contribution in [1.82, 2.24) is 9.38 Å². The molecule has 4 heteroatoms. The van der Waals surface area contributed by atoms with Crippen LogP contribution in [0.2, 0.25) is 0 Å². The van der Waals surface area contributed by atoms with E-state index in [-0.39, 0.29) is 5.82 Å². The third-order valence-corrected chi connectivity index (χ3v) is 3.98. The molecule has 2 heterocycles. The molecule has 3 rings (SSSR count). The highest BCUT2D eigenvalue weighted by Crippen LogP contribution is 2.23. The molecule has 20 heavy (non-hydrogen) atoms. The van der Waals surface area contributed by atoms with Crippen LogP contribution in [0.4, 0.5) is 4.39 Å². The Labute approximate surface area is 125 Å². The average molecular weight is 333 g/mol. The number of pyridine rings is 1.